The Morgan fingerprint density at radius 1 is 0.861 bits per heavy atom. The van der Waals surface area contributed by atoms with Crippen molar-refractivity contribution in [2.24, 2.45) is 11.8 Å². The third-order valence-electron chi connectivity index (χ3n) is 8.01. The van der Waals surface area contributed by atoms with E-state index in [9.17, 15) is 0 Å². The Hall–Kier alpha value is -1.46. The number of ether oxygens (including phenoxy) is 2. The molecule has 0 saturated carbocycles. The molecule has 0 spiro atoms. The summed E-state index contributed by atoms with van der Waals surface area (Å²) in [4.78, 5) is 0. The Morgan fingerprint density at radius 3 is 1.86 bits per heavy atom. The largest absolute Gasteiger partial charge is 0.404 e. The van der Waals surface area contributed by atoms with Gasteiger partial charge in [0.25, 0.3) is 8.32 Å². The maximum Gasteiger partial charge on any atom is 0.261 e. The molecule has 0 N–H and O–H groups in total. The Bertz CT molecular complexity index is 882. The van der Waals surface area contributed by atoms with Crippen LogP contribution in [0.4, 0.5) is 0 Å². The summed E-state index contributed by atoms with van der Waals surface area (Å²) < 4.78 is 20.0. The van der Waals surface area contributed by atoms with E-state index in [0.29, 0.717) is 11.8 Å². The molecule has 1 aliphatic rings. The highest BCUT2D eigenvalue weighted by atomic mass is 28.4. The van der Waals surface area contributed by atoms with Crippen LogP contribution in [0.3, 0.4) is 0 Å². The van der Waals surface area contributed by atoms with Gasteiger partial charge < -0.3 is 13.9 Å². The highest BCUT2D eigenvalue weighted by Crippen LogP contribution is 2.39. The molecule has 1 saturated heterocycles. The van der Waals surface area contributed by atoms with Gasteiger partial charge in [-0.1, -0.05) is 109 Å². The summed E-state index contributed by atoms with van der Waals surface area (Å²) >= 11 is 0. The van der Waals surface area contributed by atoms with Crippen molar-refractivity contribution in [3.63, 3.8) is 0 Å². The van der Waals surface area contributed by atoms with E-state index >= 15 is 0 Å². The lowest BCUT2D eigenvalue weighted by molar-refractivity contribution is -0.150. The van der Waals surface area contributed by atoms with Gasteiger partial charge in [-0.15, -0.1) is 0 Å². The highest BCUT2D eigenvalue weighted by Gasteiger charge is 2.51. The quantitative estimate of drug-likeness (QED) is 0.296. The van der Waals surface area contributed by atoms with Gasteiger partial charge in [0.2, 0.25) is 0 Å². The van der Waals surface area contributed by atoms with Crippen LogP contribution in [0.25, 0.3) is 0 Å². The lowest BCUT2D eigenvalue weighted by Crippen LogP contribution is -2.67. The Labute approximate surface area is 222 Å². The summed E-state index contributed by atoms with van der Waals surface area (Å²) in [6.07, 6.45) is 4.90. The van der Waals surface area contributed by atoms with Gasteiger partial charge in [-0.3, -0.25) is 0 Å². The van der Waals surface area contributed by atoms with Crippen molar-refractivity contribution in [3.8, 4) is 0 Å². The topological polar surface area (TPSA) is 27.7 Å². The summed E-state index contributed by atoms with van der Waals surface area (Å²) in [7, 11) is -2.54. The molecule has 200 valence electrons. The van der Waals surface area contributed by atoms with Crippen molar-refractivity contribution < 1.29 is 13.9 Å². The maximum absolute atomic E-state index is 7.37. The van der Waals surface area contributed by atoms with Gasteiger partial charge in [-0.25, -0.2) is 0 Å². The first-order chi connectivity index (χ1) is 16.9. The van der Waals surface area contributed by atoms with E-state index in [1.165, 1.54) is 10.4 Å². The van der Waals surface area contributed by atoms with Crippen LogP contribution in [0.5, 0.6) is 0 Å². The average molecular weight is 511 g/mol. The minimum Gasteiger partial charge on any atom is -0.404 e. The Kier molecular flexibility index (Phi) is 9.65. The molecule has 0 radical (unpaired) electrons. The molecule has 3 rings (SSSR count). The smallest absolute Gasteiger partial charge is 0.261 e. The van der Waals surface area contributed by atoms with Crippen LogP contribution in [0.15, 0.2) is 60.7 Å². The van der Waals surface area contributed by atoms with E-state index in [1.54, 1.807) is 0 Å². The average Bonchev–Trinajstić information content (AvgIpc) is 3.15. The SMILES string of the molecule is CCC[C@@H]1OC(C)(C)OC1[C@H](C)CC[C@@H](C)C(C)O[Si](c1ccccc1)(c1ccccc1)C(C)(C)C. The zero-order valence-electron chi connectivity index (χ0n) is 24.2. The maximum atomic E-state index is 7.37. The van der Waals surface area contributed by atoms with Crippen molar-refractivity contribution in [2.75, 3.05) is 0 Å². The summed E-state index contributed by atoms with van der Waals surface area (Å²) in [6.45, 7) is 20.3. The third-order valence-corrected chi connectivity index (χ3v) is 13.1. The van der Waals surface area contributed by atoms with Gasteiger partial charge in [0.15, 0.2) is 5.79 Å². The molecular formula is C32H50O3Si. The molecule has 2 unspecified atom stereocenters. The van der Waals surface area contributed by atoms with Crippen molar-refractivity contribution in [1.82, 2.24) is 0 Å². The molecule has 0 amide bonds. The molecule has 1 heterocycles. The fourth-order valence-electron chi connectivity index (χ4n) is 5.86. The van der Waals surface area contributed by atoms with E-state index in [-0.39, 0.29) is 23.4 Å². The fraction of sp³-hybridized carbons (Fsp3) is 0.625. The standard InChI is InChI=1S/C32H50O3Si/c1-10-17-29-30(34-32(8,9)33-29)25(3)23-22-24(2)26(4)35-36(31(5,6)7,27-18-13-11-14-19-27)28-20-15-12-16-21-28/h11-16,18-21,24-26,29-30H,10,17,22-23H2,1-9H3/t24-,25-,26?,29+,30?/m1/s1. The molecule has 1 aliphatic heterocycles. The first kappa shape index (κ1) is 29.1. The lowest BCUT2D eigenvalue weighted by Gasteiger charge is -2.45. The second-order valence-corrected chi connectivity index (χ2v) is 16.7. The molecular weight excluding hydrogens is 460 g/mol. The number of hydrogen-bond acceptors (Lipinski definition) is 3. The number of rotatable bonds is 11. The van der Waals surface area contributed by atoms with Gasteiger partial charge in [0, 0.05) is 6.10 Å². The molecule has 5 atom stereocenters. The van der Waals surface area contributed by atoms with Gasteiger partial charge in [0.1, 0.15) is 0 Å². The van der Waals surface area contributed by atoms with E-state index in [0.717, 1.165) is 25.7 Å². The molecule has 1 fully saturated rings. The van der Waals surface area contributed by atoms with E-state index in [1.807, 2.05) is 13.8 Å². The summed E-state index contributed by atoms with van der Waals surface area (Å²) in [5, 5.41) is 2.68. The van der Waals surface area contributed by atoms with E-state index in [2.05, 4.69) is 109 Å². The van der Waals surface area contributed by atoms with Crippen LogP contribution in [0, 0.1) is 11.8 Å². The zero-order chi connectivity index (χ0) is 26.6. The minimum atomic E-state index is -2.54. The second-order valence-electron chi connectivity index (χ2n) is 12.4. The molecule has 0 aromatic heterocycles. The summed E-state index contributed by atoms with van der Waals surface area (Å²) in [5.41, 5.74) is 0. The van der Waals surface area contributed by atoms with Gasteiger partial charge in [-0.2, -0.15) is 0 Å². The lowest BCUT2D eigenvalue weighted by atomic mass is 9.89. The molecule has 2 aromatic carbocycles. The number of benzene rings is 2. The van der Waals surface area contributed by atoms with Crippen LogP contribution in [0.2, 0.25) is 5.04 Å². The second kappa shape index (κ2) is 11.9. The van der Waals surface area contributed by atoms with Crippen LogP contribution in [-0.4, -0.2) is 32.4 Å². The van der Waals surface area contributed by atoms with Crippen molar-refractivity contribution in [1.29, 1.82) is 0 Å². The van der Waals surface area contributed by atoms with Crippen molar-refractivity contribution in [3.05, 3.63) is 60.7 Å². The molecule has 2 aromatic rings. The summed E-state index contributed by atoms with van der Waals surface area (Å²) in [6, 6.07) is 21.9. The van der Waals surface area contributed by atoms with Crippen LogP contribution in [-0.2, 0) is 13.9 Å². The predicted octanol–water partition coefficient (Wildman–Crippen LogP) is 7.32. The number of hydrogen-bond donors (Lipinski definition) is 0. The normalized spacial score (nSPS) is 22.8. The Morgan fingerprint density at radius 2 is 1.39 bits per heavy atom. The van der Waals surface area contributed by atoms with E-state index in [4.69, 9.17) is 13.9 Å². The van der Waals surface area contributed by atoms with Crippen LogP contribution >= 0.6 is 0 Å². The fourth-order valence-corrected chi connectivity index (χ4v) is 10.7. The van der Waals surface area contributed by atoms with Crippen molar-refractivity contribution >= 4 is 18.7 Å². The highest BCUT2D eigenvalue weighted by molar-refractivity contribution is 6.99. The van der Waals surface area contributed by atoms with Gasteiger partial charge in [-0.05, 0) is 67.3 Å². The monoisotopic (exact) mass is 510 g/mol. The van der Waals surface area contributed by atoms with Crippen LogP contribution in [0.1, 0.15) is 88.0 Å². The van der Waals surface area contributed by atoms with E-state index < -0.39 is 14.1 Å². The van der Waals surface area contributed by atoms with Gasteiger partial charge >= 0.3 is 0 Å². The first-order valence-electron chi connectivity index (χ1n) is 14.1. The molecule has 0 bridgehead atoms. The minimum absolute atomic E-state index is 0.00897. The molecule has 36 heavy (non-hydrogen) atoms. The van der Waals surface area contributed by atoms with Gasteiger partial charge in [0.05, 0.1) is 12.2 Å². The van der Waals surface area contributed by atoms with Crippen LogP contribution < -0.4 is 10.4 Å². The third kappa shape index (κ3) is 6.50. The predicted molar refractivity (Wildman–Crippen MR) is 154 cm³/mol. The molecule has 0 aliphatic carbocycles. The first-order valence-corrected chi connectivity index (χ1v) is 16.0. The molecule has 3 nitrogen and oxygen atoms in total. The summed E-state index contributed by atoms with van der Waals surface area (Å²) in [5.74, 6) is 0.407. The zero-order valence-corrected chi connectivity index (χ0v) is 25.2. The van der Waals surface area contributed by atoms with Crippen molar-refractivity contribution in [2.45, 2.75) is 117 Å². The Balaban J connectivity index is 1.78. The molecule has 4 heteroatoms.